The second-order valence-electron chi connectivity index (χ2n) is 5.21. The van der Waals surface area contributed by atoms with Gasteiger partial charge in [-0.1, -0.05) is 27.5 Å². The van der Waals surface area contributed by atoms with E-state index in [1.54, 1.807) is 18.2 Å². The summed E-state index contributed by atoms with van der Waals surface area (Å²) in [5.74, 6) is -0.546. The number of halogens is 3. The van der Waals surface area contributed by atoms with E-state index >= 15 is 0 Å². The highest BCUT2D eigenvalue weighted by atomic mass is 79.9. The van der Waals surface area contributed by atoms with Crippen LogP contribution in [0.25, 0.3) is 33.5 Å². The monoisotopic (exact) mass is 421 g/mol. The van der Waals surface area contributed by atoms with Crippen molar-refractivity contribution in [2.24, 2.45) is 0 Å². The number of aromatic nitrogens is 2. The van der Waals surface area contributed by atoms with Crippen LogP contribution >= 0.6 is 27.5 Å². The molecule has 2 heterocycles. The van der Waals surface area contributed by atoms with Crippen molar-refractivity contribution in [3.05, 3.63) is 62.0 Å². The average molecular weight is 423 g/mol. The maximum absolute atomic E-state index is 13.7. The van der Waals surface area contributed by atoms with Crippen molar-refractivity contribution in [3.63, 3.8) is 0 Å². The van der Waals surface area contributed by atoms with E-state index in [9.17, 15) is 14.5 Å². The fourth-order valence-corrected chi connectivity index (χ4v) is 3.08. The van der Waals surface area contributed by atoms with Crippen LogP contribution in [-0.2, 0) is 0 Å². The van der Waals surface area contributed by atoms with Crippen LogP contribution < -0.4 is 0 Å². The van der Waals surface area contributed by atoms with Gasteiger partial charge in [-0.05, 0) is 30.3 Å². The lowest BCUT2D eigenvalue weighted by atomic mass is 10.1. The predicted molar refractivity (Wildman–Crippen MR) is 94.1 cm³/mol. The molecule has 0 aliphatic carbocycles. The molecule has 2 aromatic heterocycles. The molecule has 9 heteroatoms. The van der Waals surface area contributed by atoms with Crippen molar-refractivity contribution in [2.75, 3.05) is 0 Å². The molecule has 6 nitrogen and oxygen atoms in total. The first-order valence-corrected chi connectivity index (χ1v) is 8.10. The molecule has 4 aromatic rings. The summed E-state index contributed by atoms with van der Waals surface area (Å²) in [6.07, 6.45) is 0. The van der Waals surface area contributed by atoms with Crippen LogP contribution in [-0.4, -0.2) is 14.9 Å². The Hall–Kier alpha value is -2.58. The SMILES string of the molecule is O=[N+]([O-])c1cc(F)cc2cc(-c3nc4cc(Br)ccc4o3)c(Cl)nc12. The minimum Gasteiger partial charge on any atom is -0.436 e. The molecule has 0 aliphatic heterocycles. The van der Waals surface area contributed by atoms with Crippen LogP contribution in [0.5, 0.6) is 0 Å². The van der Waals surface area contributed by atoms with Crippen LogP contribution in [0.3, 0.4) is 0 Å². The normalized spacial score (nSPS) is 11.3. The number of rotatable bonds is 2. The van der Waals surface area contributed by atoms with Crippen molar-refractivity contribution in [1.82, 2.24) is 9.97 Å². The molecule has 0 aliphatic rings. The molecule has 0 saturated heterocycles. The number of fused-ring (bicyclic) bond motifs is 2. The van der Waals surface area contributed by atoms with Gasteiger partial charge < -0.3 is 4.42 Å². The van der Waals surface area contributed by atoms with Gasteiger partial charge >= 0.3 is 0 Å². The van der Waals surface area contributed by atoms with Crippen LogP contribution in [0, 0.1) is 15.9 Å². The van der Waals surface area contributed by atoms with Gasteiger partial charge in [0, 0.05) is 9.86 Å². The summed E-state index contributed by atoms with van der Waals surface area (Å²) in [6.45, 7) is 0. The number of non-ortho nitro benzene ring substituents is 1. The Kier molecular flexibility index (Phi) is 3.66. The zero-order valence-electron chi connectivity index (χ0n) is 12.2. The molecule has 0 unspecified atom stereocenters. The number of benzene rings is 2. The average Bonchev–Trinajstić information content (AvgIpc) is 2.96. The molecular weight excluding hydrogens is 417 g/mol. The Morgan fingerprint density at radius 3 is 2.76 bits per heavy atom. The third-order valence-electron chi connectivity index (χ3n) is 3.59. The smallest absolute Gasteiger partial charge is 0.298 e. The number of pyridine rings is 1. The molecule has 124 valence electrons. The van der Waals surface area contributed by atoms with E-state index in [-0.39, 0.29) is 21.9 Å². The second kappa shape index (κ2) is 5.75. The zero-order valence-corrected chi connectivity index (χ0v) is 14.5. The fourth-order valence-electron chi connectivity index (χ4n) is 2.52. The Balaban J connectivity index is 1.98. The maximum Gasteiger partial charge on any atom is 0.298 e. The number of hydrogen-bond donors (Lipinski definition) is 0. The third kappa shape index (κ3) is 2.73. The third-order valence-corrected chi connectivity index (χ3v) is 4.37. The van der Waals surface area contributed by atoms with Gasteiger partial charge in [0.15, 0.2) is 5.58 Å². The lowest BCUT2D eigenvalue weighted by molar-refractivity contribution is -0.383. The van der Waals surface area contributed by atoms with Gasteiger partial charge in [0.05, 0.1) is 16.6 Å². The topological polar surface area (TPSA) is 82.1 Å². The molecule has 0 bridgehead atoms. The first-order valence-electron chi connectivity index (χ1n) is 6.93. The van der Waals surface area contributed by atoms with Crippen LogP contribution in [0.15, 0.2) is 45.3 Å². The van der Waals surface area contributed by atoms with Gasteiger partial charge in [-0.25, -0.2) is 14.4 Å². The van der Waals surface area contributed by atoms with Crippen LogP contribution in [0.1, 0.15) is 0 Å². The summed E-state index contributed by atoms with van der Waals surface area (Å²) < 4.78 is 20.2. The summed E-state index contributed by atoms with van der Waals surface area (Å²) in [6, 6.07) is 8.74. The minimum atomic E-state index is -0.740. The van der Waals surface area contributed by atoms with E-state index in [2.05, 4.69) is 25.9 Å². The van der Waals surface area contributed by atoms with Gasteiger partial charge in [-0.2, -0.15) is 0 Å². The molecule has 0 radical (unpaired) electrons. The number of nitro groups is 1. The fraction of sp³-hybridized carbons (Fsp3) is 0. The maximum atomic E-state index is 13.7. The Bertz CT molecular complexity index is 1180. The van der Waals surface area contributed by atoms with Crippen LogP contribution in [0.2, 0.25) is 5.15 Å². The van der Waals surface area contributed by atoms with E-state index in [0.717, 1.165) is 16.6 Å². The lowest BCUT2D eigenvalue weighted by Gasteiger charge is -2.04. The zero-order chi connectivity index (χ0) is 17.7. The highest BCUT2D eigenvalue weighted by Gasteiger charge is 2.20. The largest absolute Gasteiger partial charge is 0.436 e. The van der Waals surface area contributed by atoms with Crippen molar-refractivity contribution in [1.29, 1.82) is 0 Å². The van der Waals surface area contributed by atoms with E-state index < -0.39 is 16.4 Å². The standard InChI is InChI=1S/C16H6BrClFN3O3/c17-8-1-2-13-11(5-8)20-16(25-13)10-4-7-3-9(19)6-12(22(23)24)14(7)21-15(10)18/h1-6H. The molecular formula is C16H6BrClFN3O3. The molecule has 0 amide bonds. The minimum absolute atomic E-state index is 0.000921. The summed E-state index contributed by atoms with van der Waals surface area (Å²) in [4.78, 5) is 18.8. The van der Waals surface area contributed by atoms with E-state index in [1.165, 1.54) is 6.07 Å². The van der Waals surface area contributed by atoms with Gasteiger partial charge in [-0.15, -0.1) is 0 Å². The van der Waals surface area contributed by atoms with Gasteiger partial charge in [0.2, 0.25) is 5.89 Å². The lowest BCUT2D eigenvalue weighted by Crippen LogP contribution is -1.95. The number of oxazole rings is 1. The summed E-state index contributed by atoms with van der Waals surface area (Å²) >= 11 is 9.53. The molecule has 25 heavy (non-hydrogen) atoms. The van der Waals surface area contributed by atoms with Crippen molar-refractivity contribution < 1.29 is 13.7 Å². The number of nitrogens with zero attached hydrogens (tertiary/aromatic N) is 3. The van der Waals surface area contributed by atoms with E-state index in [4.69, 9.17) is 16.0 Å². The summed E-state index contributed by atoms with van der Waals surface area (Å²) in [5.41, 5.74) is 1.01. The van der Waals surface area contributed by atoms with Crippen LogP contribution in [0.4, 0.5) is 10.1 Å². The summed E-state index contributed by atoms with van der Waals surface area (Å²) in [7, 11) is 0. The van der Waals surface area contributed by atoms with Crippen molar-refractivity contribution >= 4 is 55.2 Å². The van der Waals surface area contributed by atoms with Gasteiger partial charge in [-0.3, -0.25) is 10.1 Å². The molecule has 0 fully saturated rings. The molecule has 4 rings (SSSR count). The number of hydrogen-bond acceptors (Lipinski definition) is 5. The molecule has 0 spiro atoms. The van der Waals surface area contributed by atoms with Crippen molar-refractivity contribution in [2.45, 2.75) is 0 Å². The van der Waals surface area contributed by atoms with Gasteiger partial charge in [0.1, 0.15) is 22.0 Å². The predicted octanol–water partition coefficient (Wildman–Crippen LogP) is 5.51. The Labute approximate surface area is 152 Å². The first kappa shape index (κ1) is 15.9. The van der Waals surface area contributed by atoms with E-state index in [0.29, 0.717) is 16.7 Å². The quantitative estimate of drug-likeness (QED) is 0.242. The molecule has 2 aromatic carbocycles. The highest BCUT2D eigenvalue weighted by Crippen LogP contribution is 2.35. The first-order chi connectivity index (χ1) is 11.9. The Morgan fingerprint density at radius 2 is 2.00 bits per heavy atom. The van der Waals surface area contributed by atoms with E-state index in [1.807, 2.05) is 0 Å². The Morgan fingerprint density at radius 1 is 1.20 bits per heavy atom. The number of nitro benzene ring substituents is 1. The van der Waals surface area contributed by atoms with Gasteiger partial charge in [0.25, 0.3) is 5.69 Å². The highest BCUT2D eigenvalue weighted by molar-refractivity contribution is 9.10. The second-order valence-corrected chi connectivity index (χ2v) is 6.49. The molecule has 0 N–H and O–H groups in total. The summed E-state index contributed by atoms with van der Waals surface area (Å²) in [5, 5.41) is 11.3. The molecule has 0 atom stereocenters. The van der Waals surface area contributed by atoms with Crippen molar-refractivity contribution in [3.8, 4) is 11.5 Å². The molecule has 0 saturated carbocycles.